The highest BCUT2D eigenvalue weighted by Crippen LogP contribution is 2.54. The SMILES string of the molecule is c1ccc2c(c1)ccc1c3cccc4c3n(c21)-c1c2c(cc3c1oc1ccccc13)-c1c(ccc3c1sc1ccccc13)N(c1cccc3c1sc1ccccc13)B24. The zero-order valence-electron chi connectivity index (χ0n) is 30.8. The van der Waals surface area contributed by atoms with E-state index >= 15 is 0 Å². The largest absolute Gasteiger partial charge is 0.454 e. The van der Waals surface area contributed by atoms with Crippen LogP contribution in [0.3, 0.4) is 0 Å². The van der Waals surface area contributed by atoms with Gasteiger partial charge < -0.3 is 13.8 Å². The first kappa shape index (κ1) is 30.3. The highest BCUT2D eigenvalue weighted by molar-refractivity contribution is 7.27. The van der Waals surface area contributed by atoms with Crippen molar-refractivity contribution < 1.29 is 4.42 Å². The Balaban J connectivity index is 1.21. The van der Waals surface area contributed by atoms with Crippen molar-refractivity contribution >= 4 is 147 Å². The Labute approximate surface area is 339 Å². The van der Waals surface area contributed by atoms with Crippen molar-refractivity contribution in [3.8, 4) is 16.8 Å². The van der Waals surface area contributed by atoms with Crippen molar-refractivity contribution in [2.75, 3.05) is 4.81 Å². The smallest absolute Gasteiger partial charge is 0.333 e. The lowest BCUT2D eigenvalue weighted by atomic mass is 9.44. The van der Waals surface area contributed by atoms with Crippen LogP contribution < -0.4 is 15.7 Å². The molecule has 0 fully saturated rings. The molecule has 2 aliphatic rings. The molecule has 0 unspecified atom stereocenters. The standard InChI is InChI=1S/C52H27BN2OS2/c1-2-12-29-28(11-1)23-24-34-33-16-9-18-39-48(33)54(47(29)34)49-46-38(27-37-30-13-3-6-20-42(30)56-50(37)49)45-40(26-25-36-32-15-5-8-22-44(32)58-52(36)45)55(53(39)46)41-19-10-17-35-31-14-4-7-21-43(31)57-51(35)41/h1-27H. The minimum Gasteiger partial charge on any atom is -0.454 e. The molecule has 6 heterocycles. The fourth-order valence-electron chi connectivity index (χ4n) is 10.9. The molecule has 0 N–H and O–H groups in total. The Kier molecular flexibility index (Phi) is 5.51. The molecule has 266 valence electrons. The number of thiophene rings is 2. The molecule has 0 saturated carbocycles. The second kappa shape index (κ2) is 10.5. The van der Waals surface area contributed by atoms with Crippen molar-refractivity contribution in [1.82, 2.24) is 4.57 Å². The Morgan fingerprint density at radius 1 is 0.466 bits per heavy atom. The number of nitrogens with zero attached hydrogens (tertiary/aromatic N) is 2. The monoisotopic (exact) mass is 770 g/mol. The molecule has 13 aromatic rings. The Bertz CT molecular complexity index is 4020. The average Bonchev–Trinajstić information content (AvgIpc) is 4.04. The normalized spacial score (nSPS) is 13.4. The Hall–Kier alpha value is -6.86. The predicted molar refractivity (Wildman–Crippen MR) is 250 cm³/mol. The van der Waals surface area contributed by atoms with Gasteiger partial charge >= 0.3 is 6.85 Å². The number of fused-ring (bicyclic) bond motifs is 20. The Morgan fingerprint density at radius 3 is 1.98 bits per heavy atom. The molecule has 6 heteroatoms. The quantitative estimate of drug-likeness (QED) is 0.155. The van der Waals surface area contributed by atoms with Crippen molar-refractivity contribution in [2.45, 2.75) is 0 Å². The van der Waals surface area contributed by atoms with E-state index in [4.69, 9.17) is 4.42 Å². The number of furan rings is 1. The molecule has 58 heavy (non-hydrogen) atoms. The molecule has 2 aliphatic heterocycles. The summed E-state index contributed by atoms with van der Waals surface area (Å²) in [5, 5.41) is 12.5. The second-order valence-electron chi connectivity index (χ2n) is 15.9. The molecular formula is C52H27BN2OS2. The van der Waals surface area contributed by atoms with Crippen LogP contribution in [0.15, 0.2) is 168 Å². The van der Waals surface area contributed by atoms with Crippen LogP contribution in [-0.2, 0) is 0 Å². The van der Waals surface area contributed by atoms with E-state index in [9.17, 15) is 0 Å². The average molecular weight is 771 g/mol. The van der Waals surface area contributed by atoms with Gasteiger partial charge in [0.15, 0.2) is 5.58 Å². The maximum Gasteiger partial charge on any atom is 0.333 e. The summed E-state index contributed by atoms with van der Waals surface area (Å²) in [6, 6.07) is 61.1. The second-order valence-corrected chi connectivity index (χ2v) is 18.0. The number of anilines is 2. The first-order valence-electron chi connectivity index (χ1n) is 19.9. The van der Waals surface area contributed by atoms with Gasteiger partial charge in [-0.2, -0.15) is 0 Å². The van der Waals surface area contributed by atoms with Gasteiger partial charge in [-0.1, -0.05) is 127 Å². The third-order valence-electron chi connectivity index (χ3n) is 13.1. The number of aromatic nitrogens is 1. The lowest BCUT2D eigenvalue weighted by Crippen LogP contribution is -2.60. The first-order chi connectivity index (χ1) is 28.8. The van der Waals surface area contributed by atoms with E-state index < -0.39 is 0 Å². The van der Waals surface area contributed by atoms with Gasteiger partial charge in [0.25, 0.3) is 0 Å². The molecular weight excluding hydrogens is 744 g/mol. The van der Waals surface area contributed by atoms with Gasteiger partial charge in [-0.05, 0) is 58.3 Å². The predicted octanol–water partition coefficient (Wildman–Crippen LogP) is 13.8. The van der Waals surface area contributed by atoms with Crippen LogP contribution in [0.5, 0.6) is 0 Å². The number of hydrogen-bond acceptors (Lipinski definition) is 4. The Morgan fingerprint density at radius 2 is 1.12 bits per heavy atom. The van der Waals surface area contributed by atoms with Gasteiger partial charge in [0, 0.05) is 79.5 Å². The van der Waals surface area contributed by atoms with E-state index in [1.165, 1.54) is 106 Å². The fraction of sp³-hybridized carbons (Fsp3) is 0. The minimum atomic E-state index is -0.121. The van der Waals surface area contributed by atoms with Gasteiger partial charge in [-0.15, -0.1) is 22.7 Å². The van der Waals surface area contributed by atoms with Crippen LogP contribution in [0.25, 0.3) is 112 Å². The number of para-hydroxylation sites is 2. The van der Waals surface area contributed by atoms with E-state index in [2.05, 4.69) is 173 Å². The van der Waals surface area contributed by atoms with Gasteiger partial charge in [0.05, 0.1) is 21.4 Å². The molecule has 0 saturated heterocycles. The summed E-state index contributed by atoms with van der Waals surface area (Å²) < 4.78 is 15.0. The summed E-state index contributed by atoms with van der Waals surface area (Å²) >= 11 is 3.83. The summed E-state index contributed by atoms with van der Waals surface area (Å²) in [6.07, 6.45) is 0. The van der Waals surface area contributed by atoms with Crippen LogP contribution >= 0.6 is 22.7 Å². The third-order valence-corrected chi connectivity index (χ3v) is 15.5. The molecule has 3 nitrogen and oxygen atoms in total. The lowest BCUT2D eigenvalue weighted by molar-refractivity contribution is 0.667. The van der Waals surface area contributed by atoms with E-state index in [0.29, 0.717) is 0 Å². The van der Waals surface area contributed by atoms with Crippen molar-refractivity contribution in [2.24, 2.45) is 0 Å². The zero-order chi connectivity index (χ0) is 37.4. The maximum atomic E-state index is 7.14. The number of benzene rings is 9. The van der Waals surface area contributed by atoms with Gasteiger partial charge in [-0.3, -0.25) is 0 Å². The van der Waals surface area contributed by atoms with Crippen molar-refractivity contribution in [3.05, 3.63) is 164 Å². The number of rotatable bonds is 1. The summed E-state index contributed by atoms with van der Waals surface area (Å²) in [5.74, 6) is 0. The maximum absolute atomic E-state index is 7.14. The lowest BCUT2D eigenvalue weighted by Gasteiger charge is -2.42. The molecule has 0 radical (unpaired) electrons. The summed E-state index contributed by atoms with van der Waals surface area (Å²) in [6.45, 7) is -0.121. The van der Waals surface area contributed by atoms with Gasteiger partial charge in [0.1, 0.15) is 5.58 Å². The molecule has 0 atom stereocenters. The van der Waals surface area contributed by atoms with Crippen molar-refractivity contribution in [3.63, 3.8) is 0 Å². The molecule has 0 bridgehead atoms. The van der Waals surface area contributed by atoms with E-state index in [0.717, 1.165) is 27.6 Å². The molecule has 0 aliphatic carbocycles. The van der Waals surface area contributed by atoms with Gasteiger partial charge in [0.2, 0.25) is 0 Å². The third kappa shape index (κ3) is 3.55. The summed E-state index contributed by atoms with van der Waals surface area (Å²) in [5.41, 5.74) is 13.2. The highest BCUT2D eigenvalue weighted by atomic mass is 32.1. The molecule has 4 aromatic heterocycles. The highest BCUT2D eigenvalue weighted by Gasteiger charge is 2.46. The minimum absolute atomic E-state index is 0.121. The fourth-order valence-corrected chi connectivity index (χ4v) is 13.3. The van der Waals surface area contributed by atoms with Crippen molar-refractivity contribution in [1.29, 1.82) is 0 Å². The summed E-state index contributed by atoms with van der Waals surface area (Å²) in [4.78, 5) is 2.70. The van der Waals surface area contributed by atoms with E-state index in [1.54, 1.807) is 0 Å². The van der Waals surface area contributed by atoms with Crippen LogP contribution in [0.4, 0.5) is 11.4 Å². The van der Waals surface area contributed by atoms with E-state index in [1.807, 2.05) is 22.7 Å². The molecule has 0 spiro atoms. The van der Waals surface area contributed by atoms with Crippen LogP contribution in [0, 0.1) is 0 Å². The zero-order valence-corrected chi connectivity index (χ0v) is 32.4. The van der Waals surface area contributed by atoms with Crippen LogP contribution in [0.2, 0.25) is 0 Å². The summed E-state index contributed by atoms with van der Waals surface area (Å²) in [7, 11) is 0. The van der Waals surface area contributed by atoms with Gasteiger partial charge in [-0.25, -0.2) is 0 Å². The topological polar surface area (TPSA) is 21.3 Å². The van der Waals surface area contributed by atoms with Crippen LogP contribution in [0.1, 0.15) is 0 Å². The number of hydrogen-bond donors (Lipinski definition) is 0. The molecule has 9 aromatic carbocycles. The van der Waals surface area contributed by atoms with E-state index in [-0.39, 0.29) is 6.85 Å². The first-order valence-corrected chi connectivity index (χ1v) is 21.5. The van der Waals surface area contributed by atoms with Crippen LogP contribution in [-0.4, -0.2) is 11.4 Å². The molecule has 15 rings (SSSR count). The molecule has 0 amide bonds.